The lowest BCUT2D eigenvalue weighted by Gasteiger charge is -2.16. The number of rotatable bonds is 5. The molecule has 0 radical (unpaired) electrons. The molecule has 1 aromatic carbocycles. The fourth-order valence-electron chi connectivity index (χ4n) is 1.35. The molecule has 0 saturated heterocycles. The summed E-state index contributed by atoms with van der Waals surface area (Å²) >= 11 is 0. The molecule has 6 nitrogen and oxygen atoms in total. The average Bonchev–Trinajstić information content (AvgIpc) is 2.34. The van der Waals surface area contributed by atoms with E-state index in [1.807, 2.05) is 0 Å². The summed E-state index contributed by atoms with van der Waals surface area (Å²) in [6.45, 7) is -1.09. The lowest BCUT2D eigenvalue weighted by atomic mass is 10.2. The van der Waals surface area contributed by atoms with E-state index in [0.717, 1.165) is 12.1 Å². The first kappa shape index (κ1) is 16.4. The van der Waals surface area contributed by atoms with E-state index in [1.165, 1.54) is 4.72 Å². The Hall–Kier alpha value is -1.65. The second kappa shape index (κ2) is 5.77. The zero-order valence-electron chi connectivity index (χ0n) is 9.76. The van der Waals surface area contributed by atoms with Gasteiger partial charge < -0.3 is 10.2 Å². The molecular weight excluding hydrogens is 303 g/mol. The van der Waals surface area contributed by atoms with Crippen molar-refractivity contribution in [3.05, 3.63) is 29.8 Å². The van der Waals surface area contributed by atoms with Gasteiger partial charge in [0, 0.05) is 0 Å². The molecule has 0 heterocycles. The molecule has 0 aliphatic carbocycles. The van der Waals surface area contributed by atoms with E-state index in [0.29, 0.717) is 12.1 Å². The van der Waals surface area contributed by atoms with Crippen LogP contribution in [0.1, 0.15) is 5.56 Å². The van der Waals surface area contributed by atoms with Crippen molar-refractivity contribution in [3.8, 4) is 0 Å². The van der Waals surface area contributed by atoms with Crippen molar-refractivity contribution in [2.45, 2.75) is 17.1 Å². The number of hydrogen-bond donors (Lipinski definition) is 3. The first-order valence-electron chi connectivity index (χ1n) is 5.12. The van der Waals surface area contributed by atoms with Crippen molar-refractivity contribution in [2.75, 3.05) is 6.61 Å². The van der Waals surface area contributed by atoms with Gasteiger partial charge in [-0.15, -0.1) is 0 Å². The highest BCUT2D eigenvalue weighted by molar-refractivity contribution is 7.89. The van der Waals surface area contributed by atoms with Crippen LogP contribution < -0.4 is 4.72 Å². The number of hydrogen-bond acceptors (Lipinski definition) is 4. The molecule has 0 fully saturated rings. The Morgan fingerprint density at radius 3 is 2.30 bits per heavy atom. The highest BCUT2D eigenvalue weighted by Crippen LogP contribution is 2.33. The van der Waals surface area contributed by atoms with E-state index in [1.54, 1.807) is 0 Å². The quantitative estimate of drug-likeness (QED) is 0.731. The Morgan fingerprint density at radius 2 is 1.85 bits per heavy atom. The summed E-state index contributed by atoms with van der Waals surface area (Å²) in [7, 11) is -4.74. The number of aliphatic hydroxyl groups is 1. The van der Waals surface area contributed by atoms with Gasteiger partial charge in [-0.1, -0.05) is 12.1 Å². The monoisotopic (exact) mass is 313 g/mol. The normalized spacial score (nSPS) is 14.0. The van der Waals surface area contributed by atoms with Crippen molar-refractivity contribution in [1.29, 1.82) is 0 Å². The minimum absolute atomic E-state index is 0.559. The first-order chi connectivity index (χ1) is 9.09. The van der Waals surface area contributed by atoms with Gasteiger partial charge in [0.1, 0.15) is 6.04 Å². The Labute approximate surface area is 111 Å². The fourth-order valence-corrected chi connectivity index (χ4v) is 2.76. The molecular formula is C10H10F3NO5S. The third-order valence-corrected chi connectivity index (χ3v) is 3.79. The van der Waals surface area contributed by atoms with Crippen LogP contribution in [0.3, 0.4) is 0 Å². The lowest BCUT2D eigenvalue weighted by Crippen LogP contribution is -2.43. The molecule has 112 valence electrons. The second-order valence-electron chi connectivity index (χ2n) is 3.69. The topological polar surface area (TPSA) is 104 Å². The van der Waals surface area contributed by atoms with Gasteiger partial charge in [0.2, 0.25) is 10.0 Å². The molecule has 1 atom stereocenters. The number of aliphatic carboxylic acids is 1. The Balaban J connectivity index is 3.27. The number of carboxylic acid groups (broad SMARTS) is 1. The van der Waals surface area contributed by atoms with E-state index in [2.05, 4.69) is 0 Å². The summed E-state index contributed by atoms with van der Waals surface area (Å²) in [5.41, 5.74) is -1.42. The van der Waals surface area contributed by atoms with Gasteiger partial charge in [0.25, 0.3) is 0 Å². The SMILES string of the molecule is O=C(O)[C@@H](CO)NS(=O)(=O)c1ccccc1C(F)(F)F. The van der Waals surface area contributed by atoms with Crippen LogP contribution in [0.4, 0.5) is 13.2 Å². The molecule has 0 spiro atoms. The first-order valence-corrected chi connectivity index (χ1v) is 6.60. The van der Waals surface area contributed by atoms with Crippen LogP contribution in [-0.4, -0.2) is 37.2 Å². The maximum atomic E-state index is 12.7. The maximum absolute atomic E-state index is 12.7. The lowest BCUT2D eigenvalue weighted by molar-refractivity contribution is -0.140. The molecule has 10 heteroatoms. The van der Waals surface area contributed by atoms with Crippen molar-refractivity contribution in [2.24, 2.45) is 0 Å². The Kier molecular flexibility index (Phi) is 4.73. The van der Waals surface area contributed by atoms with Gasteiger partial charge in [-0.2, -0.15) is 17.9 Å². The number of carbonyl (C=O) groups is 1. The van der Waals surface area contributed by atoms with Crippen LogP contribution in [0.15, 0.2) is 29.2 Å². The molecule has 1 aromatic rings. The molecule has 0 bridgehead atoms. The number of halogens is 3. The van der Waals surface area contributed by atoms with Gasteiger partial charge in [0.15, 0.2) is 0 Å². The van der Waals surface area contributed by atoms with Crippen LogP contribution in [0.25, 0.3) is 0 Å². The highest BCUT2D eigenvalue weighted by Gasteiger charge is 2.37. The van der Waals surface area contributed by atoms with Crippen molar-refractivity contribution in [1.82, 2.24) is 4.72 Å². The van der Waals surface area contributed by atoms with Crippen LogP contribution in [-0.2, 0) is 21.0 Å². The van der Waals surface area contributed by atoms with Crippen molar-refractivity contribution < 1.29 is 36.6 Å². The number of carboxylic acids is 1. The van der Waals surface area contributed by atoms with Crippen molar-refractivity contribution in [3.63, 3.8) is 0 Å². The largest absolute Gasteiger partial charge is 0.480 e. The summed E-state index contributed by atoms with van der Waals surface area (Å²) in [4.78, 5) is 9.51. The molecule has 0 aliphatic rings. The maximum Gasteiger partial charge on any atom is 0.417 e. The summed E-state index contributed by atoms with van der Waals surface area (Å²) in [6.07, 6.45) is -4.91. The van der Waals surface area contributed by atoms with E-state index < -0.39 is 45.3 Å². The Morgan fingerprint density at radius 1 is 1.30 bits per heavy atom. The summed E-state index contributed by atoms with van der Waals surface area (Å²) < 4.78 is 63.2. The zero-order chi connectivity index (χ0) is 15.6. The predicted molar refractivity (Wildman–Crippen MR) is 60.3 cm³/mol. The predicted octanol–water partition coefficient (Wildman–Crippen LogP) is 0.429. The molecule has 0 amide bonds. The van der Waals surface area contributed by atoms with Gasteiger partial charge in [0.05, 0.1) is 17.1 Å². The van der Waals surface area contributed by atoms with E-state index >= 15 is 0 Å². The number of sulfonamides is 1. The minimum atomic E-state index is -4.91. The number of nitrogens with one attached hydrogen (secondary N) is 1. The standard InChI is InChI=1S/C10H10F3NO5S/c11-10(12,13)6-3-1-2-4-8(6)20(18,19)14-7(5-15)9(16)17/h1-4,7,14-15H,5H2,(H,16,17)/t7-/m1/s1. The zero-order valence-corrected chi connectivity index (χ0v) is 10.6. The molecule has 0 saturated carbocycles. The van der Waals surface area contributed by atoms with E-state index in [-0.39, 0.29) is 0 Å². The number of aliphatic hydroxyl groups excluding tert-OH is 1. The third-order valence-electron chi connectivity index (χ3n) is 2.26. The molecule has 0 aromatic heterocycles. The molecule has 0 unspecified atom stereocenters. The molecule has 1 rings (SSSR count). The summed E-state index contributed by atoms with van der Waals surface area (Å²) in [5.74, 6) is -1.71. The van der Waals surface area contributed by atoms with E-state index in [4.69, 9.17) is 10.2 Å². The van der Waals surface area contributed by atoms with Crippen LogP contribution in [0.2, 0.25) is 0 Å². The molecule has 3 N–H and O–H groups in total. The Bertz CT molecular complexity index is 599. The third kappa shape index (κ3) is 3.68. The van der Waals surface area contributed by atoms with Gasteiger partial charge in [-0.25, -0.2) is 8.42 Å². The molecule has 0 aliphatic heterocycles. The van der Waals surface area contributed by atoms with Gasteiger partial charge >= 0.3 is 12.1 Å². The highest BCUT2D eigenvalue weighted by atomic mass is 32.2. The fraction of sp³-hybridized carbons (Fsp3) is 0.300. The summed E-state index contributed by atoms with van der Waals surface area (Å²) in [5, 5.41) is 17.3. The summed E-state index contributed by atoms with van der Waals surface area (Å²) in [6, 6.07) is 1.40. The van der Waals surface area contributed by atoms with Crippen LogP contribution >= 0.6 is 0 Å². The minimum Gasteiger partial charge on any atom is -0.480 e. The van der Waals surface area contributed by atoms with Gasteiger partial charge in [-0.3, -0.25) is 4.79 Å². The van der Waals surface area contributed by atoms with Crippen molar-refractivity contribution >= 4 is 16.0 Å². The van der Waals surface area contributed by atoms with Crippen LogP contribution in [0, 0.1) is 0 Å². The van der Waals surface area contributed by atoms with E-state index in [9.17, 15) is 26.4 Å². The van der Waals surface area contributed by atoms with Gasteiger partial charge in [-0.05, 0) is 12.1 Å². The number of alkyl halides is 3. The van der Waals surface area contributed by atoms with Crippen LogP contribution in [0.5, 0.6) is 0 Å². The smallest absolute Gasteiger partial charge is 0.417 e. The second-order valence-corrected chi connectivity index (χ2v) is 5.37. The average molecular weight is 313 g/mol. The molecule has 20 heavy (non-hydrogen) atoms. The number of benzene rings is 1.